The molecule has 48 heavy (non-hydrogen) atoms. The van der Waals surface area contributed by atoms with Crippen LogP contribution in [-0.4, -0.2) is 55.0 Å². The Kier molecular flexibility index (Phi) is 9.66. The van der Waals surface area contributed by atoms with Gasteiger partial charge in [0.2, 0.25) is 0 Å². The number of carboxylic acid groups (broad SMARTS) is 3. The topological polar surface area (TPSA) is 202 Å². The Morgan fingerprint density at radius 2 is 1.23 bits per heavy atom. The zero-order valence-electron chi connectivity index (χ0n) is 25.9. The molecule has 13 heteroatoms. The zero-order valence-corrected chi connectivity index (χ0v) is 26.6. The maximum absolute atomic E-state index is 12.2. The Labute approximate surface area is 279 Å². The van der Waals surface area contributed by atoms with Gasteiger partial charge in [-0.05, 0) is 91.4 Å². The number of aromatic carboxylic acids is 1. The molecule has 0 saturated carbocycles. The molecule has 12 nitrogen and oxygen atoms in total. The first kappa shape index (κ1) is 33.5. The molecule has 0 radical (unpaired) electrons. The number of H-pyrrole nitrogens is 2. The number of carboxylic acids is 3. The molecule has 4 heterocycles. The number of nitrogens with one attached hydrogen (secondary N) is 4. The first-order chi connectivity index (χ1) is 22.8. The first-order valence-corrected chi connectivity index (χ1v) is 15.2. The van der Waals surface area contributed by atoms with Crippen molar-refractivity contribution in [2.75, 3.05) is 10.6 Å². The number of aliphatic carboxylic acids is 2. The molecule has 2 amide bonds. The van der Waals surface area contributed by atoms with Crippen LogP contribution < -0.4 is 10.6 Å². The summed E-state index contributed by atoms with van der Waals surface area (Å²) >= 11 is 5.94. The second kappa shape index (κ2) is 13.9. The predicted octanol–water partition coefficient (Wildman–Crippen LogP) is 6.02. The van der Waals surface area contributed by atoms with Crippen molar-refractivity contribution in [3.63, 3.8) is 0 Å². The van der Waals surface area contributed by atoms with E-state index in [-0.39, 0.29) is 30.2 Å². The van der Waals surface area contributed by atoms with E-state index in [1.807, 2.05) is 19.9 Å². The van der Waals surface area contributed by atoms with Gasteiger partial charge in [-0.2, -0.15) is 0 Å². The van der Waals surface area contributed by atoms with Crippen LogP contribution in [0.4, 0.5) is 11.4 Å². The van der Waals surface area contributed by atoms with Crippen LogP contribution in [0.5, 0.6) is 0 Å². The first-order valence-electron chi connectivity index (χ1n) is 14.8. The number of halogens is 1. The van der Waals surface area contributed by atoms with Crippen molar-refractivity contribution in [2.24, 2.45) is 0 Å². The van der Waals surface area contributed by atoms with E-state index in [2.05, 4.69) is 20.6 Å². The molecule has 2 aliphatic heterocycles. The highest BCUT2D eigenvalue weighted by atomic mass is 35.5. The van der Waals surface area contributed by atoms with Crippen molar-refractivity contribution >= 4 is 76.0 Å². The summed E-state index contributed by atoms with van der Waals surface area (Å²) in [6.07, 6.45) is 7.93. The number of carbonyl (C=O) groups is 5. The number of rotatable bonds is 9. The van der Waals surface area contributed by atoms with Gasteiger partial charge >= 0.3 is 17.9 Å². The number of amides is 2. The van der Waals surface area contributed by atoms with Crippen LogP contribution in [0.1, 0.15) is 68.0 Å². The number of carbonyl (C=O) groups excluding carboxylic acids is 2. The highest BCUT2D eigenvalue weighted by Gasteiger charge is 2.26. The molecule has 0 aliphatic carbocycles. The second-order valence-electron chi connectivity index (χ2n) is 11.3. The summed E-state index contributed by atoms with van der Waals surface area (Å²) in [5.74, 6) is -3.24. The molecule has 0 saturated heterocycles. The SMILES string of the molecule is Cc1c(CCC(=O)O)c[nH]c1C=C1C(=O)Nc2cc(Cl)ccc21.Cc1c(CCC(=O)O)c[nH]c1C=C1C(=O)Nc2ccc(C(=O)O)cc21. The average molecular weight is 671 g/mol. The normalized spacial score (nSPS) is 14.6. The van der Waals surface area contributed by atoms with E-state index in [4.69, 9.17) is 26.9 Å². The molecule has 4 aromatic rings. The van der Waals surface area contributed by atoms with Gasteiger partial charge in [0.1, 0.15) is 0 Å². The summed E-state index contributed by atoms with van der Waals surface area (Å²) in [5.41, 5.74) is 8.76. The lowest BCUT2D eigenvalue weighted by molar-refractivity contribution is -0.138. The molecule has 0 bridgehead atoms. The molecular weight excluding hydrogens is 640 g/mol. The zero-order chi connectivity index (χ0) is 34.7. The third kappa shape index (κ3) is 7.24. The number of aryl methyl sites for hydroxylation is 2. The minimum absolute atomic E-state index is 0.0278. The fourth-order valence-corrected chi connectivity index (χ4v) is 5.65. The van der Waals surface area contributed by atoms with Crippen LogP contribution in [-0.2, 0) is 32.0 Å². The van der Waals surface area contributed by atoms with Gasteiger partial charge in [-0.25, -0.2) is 4.79 Å². The number of hydrogen-bond acceptors (Lipinski definition) is 5. The lowest BCUT2D eigenvalue weighted by Gasteiger charge is -2.01. The number of aromatic amines is 2. The maximum atomic E-state index is 12.2. The Balaban J connectivity index is 0.000000188. The quantitative estimate of drug-likeness (QED) is 0.105. The van der Waals surface area contributed by atoms with Gasteiger partial charge in [-0.3, -0.25) is 19.2 Å². The number of benzene rings is 2. The van der Waals surface area contributed by atoms with Gasteiger partial charge in [-0.15, -0.1) is 0 Å². The lowest BCUT2D eigenvalue weighted by atomic mass is 10.0. The van der Waals surface area contributed by atoms with Gasteiger partial charge < -0.3 is 35.9 Å². The Hall–Kier alpha value is -5.88. The van der Waals surface area contributed by atoms with Gasteiger partial charge in [0.05, 0.1) is 22.4 Å². The number of fused-ring (bicyclic) bond motifs is 2. The van der Waals surface area contributed by atoms with Crippen LogP contribution >= 0.6 is 11.6 Å². The minimum atomic E-state index is -1.06. The van der Waals surface area contributed by atoms with Gasteiger partial charge in [0.25, 0.3) is 11.8 Å². The smallest absolute Gasteiger partial charge is 0.335 e. The maximum Gasteiger partial charge on any atom is 0.335 e. The Morgan fingerprint density at radius 3 is 1.75 bits per heavy atom. The fourth-order valence-electron chi connectivity index (χ4n) is 5.47. The van der Waals surface area contributed by atoms with Crippen LogP contribution in [0.15, 0.2) is 48.8 Å². The molecule has 246 valence electrons. The van der Waals surface area contributed by atoms with Crippen LogP contribution in [0.25, 0.3) is 23.3 Å². The van der Waals surface area contributed by atoms with Crippen molar-refractivity contribution < 1.29 is 39.3 Å². The van der Waals surface area contributed by atoms with Crippen LogP contribution in [0.3, 0.4) is 0 Å². The largest absolute Gasteiger partial charge is 0.481 e. The van der Waals surface area contributed by atoms with E-state index in [1.165, 1.54) is 12.1 Å². The second-order valence-corrected chi connectivity index (χ2v) is 11.7. The number of anilines is 2. The van der Waals surface area contributed by atoms with Crippen molar-refractivity contribution in [2.45, 2.75) is 39.5 Å². The van der Waals surface area contributed by atoms with Crippen molar-refractivity contribution in [3.05, 3.63) is 104 Å². The van der Waals surface area contributed by atoms with Crippen molar-refractivity contribution in [1.82, 2.24) is 9.97 Å². The monoisotopic (exact) mass is 670 g/mol. The summed E-state index contributed by atoms with van der Waals surface area (Å²) in [5, 5.41) is 32.8. The van der Waals surface area contributed by atoms with Crippen molar-refractivity contribution in [3.8, 4) is 0 Å². The molecule has 0 fully saturated rings. The van der Waals surface area contributed by atoms with E-state index in [9.17, 15) is 24.0 Å². The van der Waals surface area contributed by atoms with E-state index in [0.717, 1.165) is 33.5 Å². The third-order valence-electron chi connectivity index (χ3n) is 8.18. The molecule has 0 unspecified atom stereocenters. The van der Waals surface area contributed by atoms with Gasteiger partial charge in [0.15, 0.2) is 0 Å². The number of hydrogen-bond donors (Lipinski definition) is 7. The van der Waals surface area contributed by atoms with E-state index in [1.54, 1.807) is 42.7 Å². The average Bonchev–Trinajstić information content (AvgIpc) is 3.75. The lowest BCUT2D eigenvalue weighted by Crippen LogP contribution is -2.03. The molecular formula is C35H31ClN4O8. The molecule has 7 N–H and O–H groups in total. The third-order valence-corrected chi connectivity index (χ3v) is 8.42. The number of aromatic nitrogens is 2. The molecule has 2 aromatic carbocycles. The van der Waals surface area contributed by atoms with E-state index >= 15 is 0 Å². The van der Waals surface area contributed by atoms with Crippen molar-refractivity contribution in [1.29, 1.82) is 0 Å². The van der Waals surface area contributed by atoms with Gasteiger partial charge in [-0.1, -0.05) is 17.7 Å². The summed E-state index contributed by atoms with van der Waals surface area (Å²) in [6, 6.07) is 9.74. The highest BCUT2D eigenvalue weighted by molar-refractivity contribution is 6.37. The summed E-state index contributed by atoms with van der Waals surface area (Å²) in [7, 11) is 0. The Morgan fingerprint density at radius 1 is 0.708 bits per heavy atom. The van der Waals surface area contributed by atoms with Crippen LogP contribution in [0, 0.1) is 13.8 Å². The standard InChI is InChI=1S/C18H16N2O5.C17H15ClN2O3/c1-9-11(3-5-16(21)22)8-19-15(9)7-13-12-6-10(18(24)25)2-4-14(12)20-17(13)23;1-9-10(2-5-16(21)22)8-19-14(9)7-13-12-4-3-11(18)6-15(12)20-17(13)23/h2,4,6-8,19H,3,5H2,1H3,(H,20,23)(H,21,22)(H,24,25);3-4,6-8,19H,2,5H2,1H3,(H,20,23)(H,21,22). The molecule has 2 aromatic heterocycles. The summed E-state index contributed by atoms with van der Waals surface area (Å²) < 4.78 is 0. The molecule has 0 atom stereocenters. The fraction of sp³-hybridized carbons (Fsp3) is 0.171. The minimum Gasteiger partial charge on any atom is -0.481 e. The van der Waals surface area contributed by atoms with Gasteiger partial charge in [0, 0.05) is 58.5 Å². The van der Waals surface area contributed by atoms with E-state index in [0.29, 0.717) is 51.6 Å². The van der Waals surface area contributed by atoms with Crippen LogP contribution in [0.2, 0.25) is 5.02 Å². The highest BCUT2D eigenvalue weighted by Crippen LogP contribution is 2.36. The summed E-state index contributed by atoms with van der Waals surface area (Å²) in [4.78, 5) is 63.1. The summed E-state index contributed by atoms with van der Waals surface area (Å²) in [6.45, 7) is 3.76. The molecule has 2 aliphatic rings. The molecule has 6 rings (SSSR count). The van der Waals surface area contributed by atoms with E-state index < -0.39 is 17.9 Å². The predicted molar refractivity (Wildman–Crippen MR) is 181 cm³/mol. The Bertz CT molecular complexity index is 2050. The molecule has 0 spiro atoms.